The number of hydrogen-bond donors (Lipinski definition) is 2. The monoisotopic (exact) mass is 404 g/mol. The summed E-state index contributed by atoms with van der Waals surface area (Å²) >= 11 is 0. The van der Waals surface area contributed by atoms with Gasteiger partial charge in [0.25, 0.3) is 0 Å². The van der Waals surface area contributed by atoms with Crippen LogP contribution in [0, 0.1) is 11.8 Å². The molecular formula is C23H40N4O2. The van der Waals surface area contributed by atoms with Crippen molar-refractivity contribution in [3.63, 3.8) is 0 Å². The lowest BCUT2D eigenvalue weighted by Crippen LogP contribution is -2.43. The molecule has 0 heterocycles. The molecule has 6 nitrogen and oxygen atoms in total. The molecule has 6 heteroatoms. The normalized spacial score (nSPS) is 12.7. The van der Waals surface area contributed by atoms with Gasteiger partial charge in [-0.1, -0.05) is 27.7 Å². The number of amides is 3. The van der Waals surface area contributed by atoms with E-state index >= 15 is 0 Å². The Kier molecular flexibility index (Phi) is 8.54. The van der Waals surface area contributed by atoms with E-state index in [0.717, 1.165) is 11.3 Å². The van der Waals surface area contributed by atoms with Gasteiger partial charge in [0.15, 0.2) is 0 Å². The van der Waals surface area contributed by atoms with Crippen LogP contribution < -0.4 is 15.5 Å². The van der Waals surface area contributed by atoms with Gasteiger partial charge in [-0.15, -0.1) is 0 Å². The molecule has 0 saturated heterocycles. The number of nitrogens with one attached hydrogen (secondary N) is 2. The van der Waals surface area contributed by atoms with Crippen molar-refractivity contribution >= 4 is 23.3 Å². The van der Waals surface area contributed by atoms with Crippen molar-refractivity contribution in [1.82, 2.24) is 10.2 Å². The Balaban J connectivity index is 3.24. The van der Waals surface area contributed by atoms with Gasteiger partial charge in [0, 0.05) is 49.5 Å². The van der Waals surface area contributed by atoms with Gasteiger partial charge in [0.05, 0.1) is 0 Å². The van der Waals surface area contributed by atoms with Crippen LogP contribution in [0.15, 0.2) is 18.2 Å². The summed E-state index contributed by atoms with van der Waals surface area (Å²) in [5.74, 6) is 0.414. The zero-order valence-corrected chi connectivity index (χ0v) is 19.9. The maximum atomic E-state index is 12.9. The van der Waals surface area contributed by atoms with Crippen molar-refractivity contribution in [2.75, 3.05) is 24.3 Å². The fourth-order valence-corrected chi connectivity index (χ4v) is 3.03. The van der Waals surface area contributed by atoms with Crippen LogP contribution in [0.4, 0.5) is 16.2 Å². The van der Waals surface area contributed by atoms with E-state index in [1.165, 1.54) is 0 Å². The van der Waals surface area contributed by atoms with Crippen LogP contribution in [0.1, 0.15) is 61.0 Å². The first kappa shape index (κ1) is 24.8. The third kappa shape index (κ3) is 7.59. The Hall–Kier alpha value is -2.24. The number of rotatable bonds is 7. The van der Waals surface area contributed by atoms with Gasteiger partial charge in [-0.25, -0.2) is 4.79 Å². The average Bonchev–Trinajstić information content (AvgIpc) is 2.56. The second kappa shape index (κ2) is 9.99. The minimum Gasteiger partial charge on any atom is -0.377 e. The van der Waals surface area contributed by atoms with Gasteiger partial charge in [-0.2, -0.15) is 0 Å². The summed E-state index contributed by atoms with van der Waals surface area (Å²) in [6.07, 6.45) is 0. The molecular weight excluding hydrogens is 364 g/mol. The second-order valence-corrected chi connectivity index (χ2v) is 9.67. The summed E-state index contributed by atoms with van der Waals surface area (Å²) in [6, 6.07) is 5.71. The summed E-state index contributed by atoms with van der Waals surface area (Å²) < 4.78 is 0. The van der Waals surface area contributed by atoms with Gasteiger partial charge in [0.2, 0.25) is 5.91 Å². The largest absolute Gasteiger partial charge is 0.377 e. The van der Waals surface area contributed by atoms with Crippen LogP contribution in [0.3, 0.4) is 0 Å². The molecule has 2 N–H and O–H groups in total. The summed E-state index contributed by atoms with van der Waals surface area (Å²) in [4.78, 5) is 29.2. The maximum absolute atomic E-state index is 12.9. The zero-order chi connectivity index (χ0) is 22.5. The Morgan fingerprint density at radius 1 is 1.03 bits per heavy atom. The highest BCUT2D eigenvalue weighted by Gasteiger charge is 2.26. The molecule has 0 aliphatic carbocycles. The molecule has 0 aliphatic rings. The molecule has 1 unspecified atom stereocenters. The fourth-order valence-electron chi connectivity index (χ4n) is 3.03. The van der Waals surface area contributed by atoms with E-state index in [9.17, 15) is 9.59 Å². The molecule has 1 atom stereocenters. The second-order valence-electron chi connectivity index (χ2n) is 9.67. The fraction of sp³-hybridized carbons (Fsp3) is 0.652. The summed E-state index contributed by atoms with van der Waals surface area (Å²) in [5, 5.41) is 5.82. The van der Waals surface area contributed by atoms with E-state index in [4.69, 9.17) is 0 Å². The third-order valence-electron chi connectivity index (χ3n) is 4.88. The van der Waals surface area contributed by atoms with Gasteiger partial charge in [-0.3, -0.25) is 4.79 Å². The highest BCUT2D eigenvalue weighted by atomic mass is 16.2. The molecule has 0 radical (unpaired) electrons. The van der Waals surface area contributed by atoms with Crippen LogP contribution in [0.5, 0.6) is 0 Å². The van der Waals surface area contributed by atoms with E-state index in [2.05, 4.69) is 31.4 Å². The highest BCUT2D eigenvalue weighted by molar-refractivity contribution is 5.90. The molecule has 0 bridgehead atoms. The molecule has 0 fully saturated rings. The highest BCUT2D eigenvalue weighted by Crippen LogP contribution is 2.27. The van der Waals surface area contributed by atoms with Crippen molar-refractivity contribution in [2.45, 2.75) is 73.5 Å². The number of carbonyl (C=O) groups is 2. The van der Waals surface area contributed by atoms with Gasteiger partial charge in [0.1, 0.15) is 0 Å². The van der Waals surface area contributed by atoms with E-state index < -0.39 is 0 Å². The summed E-state index contributed by atoms with van der Waals surface area (Å²) in [6.45, 7) is 16.6. The van der Waals surface area contributed by atoms with E-state index in [-0.39, 0.29) is 29.4 Å². The van der Waals surface area contributed by atoms with Crippen molar-refractivity contribution in [1.29, 1.82) is 0 Å². The molecule has 1 rings (SSSR count). The zero-order valence-electron chi connectivity index (χ0n) is 19.9. The van der Waals surface area contributed by atoms with Gasteiger partial charge >= 0.3 is 6.03 Å². The number of benzene rings is 1. The number of nitrogens with zero attached hydrogens (tertiary/aromatic N) is 2. The maximum Gasteiger partial charge on any atom is 0.319 e. The lowest BCUT2D eigenvalue weighted by atomic mass is 10.0. The SMILES string of the molecule is CC(C)C(=O)N(Cc1cc(NC(=O)NC(C)(C)C)ccc1N(C)C)C(C)C(C)C. The van der Waals surface area contributed by atoms with Crippen molar-refractivity contribution in [2.24, 2.45) is 11.8 Å². The molecule has 164 valence electrons. The first-order chi connectivity index (χ1) is 13.2. The molecule has 0 aliphatic heterocycles. The van der Waals surface area contributed by atoms with Crippen molar-refractivity contribution in [3.05, 3.63) is 23.8 Å². The molecule has 1 aromatic rings. The van der Waals surface area contributed by atoms with Crippen LogP contribution in [-0.4, -0.2) is 42.5 Å². The third-order valence-corrected chi connectivity index (χ3v) is 4.88. The Morgan fingerprint density at radius 2 is 1.62 bits per heavy atom. The quantitative estimate of drug-likeness (QED) is 0.692. The lowest BCUT2D eigenvalue weighted by Gasteiger charge is -2.34. The number of anilines is 2. The minimum atomic E-state index is -0.316. The molecule has 0 saturated carbocycles. The van der Waals surface area contributed by atoms with E-state index in [1.54, 1.807) is 0 Å². The molecule has 3 amide bonds. The van der Waals surface area contributed by atoms with Gasteiger partial charge < -0.3 is 20.4 Å². The van der Waals surface area contributed by atoms with E-state index in [0.29, 0.717) is 18.2 Å². The molecule has 29 heavy (non-hydrogen) atoms. The van der Waals surface area contributed by atoms with Crippen LogP contribution in [-0.2, 0) is 11.3 Å². The predicted octanol–water partition coefficient (Wildman–Crippen LogP) is 4.70. The van der Waals surface area contributed by atoms with Crippen molar-refractivity contribution < 1.29 is 9.59 Å². The molecule has 0 spiro atoms. The van der Waals surface area contributed by atoms with Crippen LogP contribution in [0.2, 0.25) is 0 Å². The summed E-state index contributed by atoms with van der Waals surface area (Å²) in [7, 11) is 3.97. The smallest absolute Gasteiger partial charge is 0.319 e. The van der Waals surface area contributed by atoms with E-state index in [1.807, 2.05) is 76.7 Å². The first-order valence-corrected chi connectivity index (χ1v) is 10.4. The Morgan fingerprint density at radius 3 is 2.07 bits per heavy atom. The first-order valence-electron chi connectivity index (χ1n) is 10.4. The summed E-state index contributed by atoms with van der Waals surface area (Å²) in [5.41, 5.74) is 2.43. The van der Waals surface area contributed by atoms with Crippen LogP contribution in [0.25, 0.3) is 0 Å². The number of urea groups is 1. The Labute approximate surface area is 177 Å². The lowest BCUT2D eigenvalue weighted by molar-refractivity contribution is -0.138. The topological polar surface area (TPSA) is 64.7 Å². The van der Waals surface area contributed by atoms with Gasteiger partial charge in [-0.05, 0) is 57.4 Å². The Bertz CT molecular complexity index is 705. The minimum absolute atomic E-state index is 0.0714. The molecule has 0 aromatic heterocycles. The molecule has 1 aromatic carbocycles. The standard InChI is InChI=1S/C23H40N4O2/c1-15(2)17(5)27(21(28)16(3)4)14-18-13-19(11-12-20(18)26(9)10)24-22(29)25-23(6,7)8/h11-13,15-17H,14H2,1-10H3,(H2,24,25,29). The predicted molar refractivity (Wildman–Crippen MR) is 122 cm³/mol. The average molecular weight is 405 g/mol. The van der Waals surface area contributed by atoms with Crippen LogP contribution >= 0.6 is 0 Å². The van der Waals surface area contributed by atoms with Crippen molar-refractivity contribution in [3.8, 4) is 0 Å². The number of hydrogen-bond acceptors (Lipinski definition) is 3. The number of carbonyl (C=O) groups excluding carboxylic acids is 2.